The predicted molar refractivity (Wildman–Crippen MR) is 78.4 cm³/mol. The lowest BCUT2D eigenvalue weighted by Crippen LogP contribution is -2.06. The average molecular weight is 324 g/mol. The van der Waals surface area contributed by atoms with E-state index in [2.05, 4.69) is 15.9 Å². The van der Waals surface area contributed by atoms with Gasteiger partial charge in [-0.25, -0.2) is 4.39 Å². The maximum atomic E-state index is 13.0. The summed E-state index contributed by atoms with van der Waals surface area (Å²) in [6, 6.07) is 9.95. The Morgan fingerprint density at radius 1 is 1.26 bits per heavy atom. The molecule has 4 heteroatoms. The molecule has 3 N–H and O–H groups in total. The van der Waals surface area contributed by atoms with Crippen molar-refractivity contribution in [2.45, 2.75) is 19.4 Å². The maximum Gasteiger partial charge on any atom is 0.123 e. The van der Waals surface area contributed by atoms with Gasteiger partial charge < -0.3 is 10.8 Å². The third-order valence-electron chi connectivity index (χ3n) is 3.13. The molecule has 0 radical (unpaired) electrons. The van der Waals surface area contributed by atoms with Gasteiger partial charge in [-0.05, 0) is 48.4 Å². The molecule has 19 heavy (non-hydrogen) atoms. The van der Waals surface area contributed by atoms with Gasteiger partial charge >= 0.3 is 0 Å². The van der Waals surface area contributed by atoms with Crippen LogP contribution in [0.2, 0.25) is 0 Å². The fourth-order valence-electron chi connectivity index (χ4n) is 2.04. The predicted octanol–water partition coefficient (Wildman–Crippen LogP) is 3.75. The molecule has 2 aromatic carbocycles. The highest BCUT2D eigenvalue weighted by atomic mass is 79.9. The fraction of sp³-hybridized carbons (Fsp3) is 0.200. The van der Waals surface area contributed by atoms with Gasteiger partial charge in [-0.1, -0.05) is 22.0 Å². The molecule has 0 amide bonds. The first-order valence-electron chi connectivity index (χ1n) is 5.95. The summed E-state index contributed by atoms with van der Waals surface area (Å²) in [6.07, 6.45) is -0.297. The van der Waals surface area contributed by atoms with E-state index in [4.69, 9.17) is 5.73 Å². The Kier molecular flexibility index (Phi) is 4.22. The summed E-state index contributed by atoms with van der Waals surface area (Å²) in [4.78, 5) is 0. The quantitative estimate of drug-likeness (QED) is 0.845. The number of benzene rings is 2. The van der Waals surface area contributed by atoms with Gasteiger partial charge in [0.15, 0.2) is 0 Å². The summed E-state index contributed by atoms with van der Waals surface area (Å²) in [5.74, 6) is -0.266. The lowest BCUT2D eigenvalue weighted by atomic mass is 9.97. The highest BCUT2D eigenvalue weighted by Crippen LogP contribution is 2.27. The van der Waals surface area contributed by atoms with Gasteiger partial charge in [-0.3, -0.25) is 0 Å². The van der Waals surface area contributed by atoms with Crippen molar-refractivity contribution >= 4 is 21.6 Å². The van der Waals surface area contributed by atoms with E-state index in [9.17, 15) is 9.50 Å². The highest BCUT2D eigenvalue weighted by molar-refractivity contribution is 9.10. The standard InChI is InChI=1S/C15H15BrFNO/c1-9-6-12(17)4-2-10(9)7-15(19)13-8-11(16)3-5-14(13)18/h2-6,8,15,19H,7,18H2,1H3. The van der Waals surface area contributed by atoms with Gasteiger partial charge in [-0.2, -0.15) is 0 Å². The molecule has 0 spiro atoms. The van der Waals surface area contributed by atoms with Crippen molar-refractivity contribution in [2.24, 2.45) is 0 Å². The number of hydrogen-bond donors (Lipinski definition) is 2. The molecule has 0 fully saturated rings. The van der Waals surface area contributed by atoms with Crippen molar-refractivity contribution in [3.05, 3.63) is 63.4 Å². The summed E-state index contributed by atoms with van der Waals surface area (Å²) >= 11 is 3.36. The van der Waals surface area contributed by atoms with E-state index in [0.29, 0.717) is 17.7 Å². The highest BCUT2D eigenvalue weighted by Gasteiger charge is 2.13. The zero-order valence-electron chi connectivity index (χ0n) is 10.5. The van der Waals surface area contributed by atoms with Crippen LogP contribution in [-0.4, -0.2) is 5.11 Å². The van der Waals surface area contributed by atoms with E-state index in [1.165, 1.54) is 12.1 Å². The van der Waals surface area contributed by atoms with Gasteiger partial charge in [0.25, 0.3) is 0 Å². The van der Waals surface area contributed by atoms with Crippen LogP contribution < -0.4 is 5.73 Å². The SMILES string of the molecule is Cc1cc(F)ccc1CC(O)c1cc(Br)ccc1N. The average Bonchev–Trinajstić information content (AvgIpc) is 2.35. The molecule has 2 rings (SSSR count). The van der Waals surface area contributed by atoms with Crippen LogP contribution in [0.5, 0.6) is 0 Å². The number of nitrogen functional groups attached to an aromatic ring is 1. The number of rotatable bonds is 3. The molecule has 100 valence electrons. The molecule has 0 heterocycles. The van der Waals surface area contributed by atoms with Crippen molar-refractivity contribution in [3.8, 4) is 0 Å². The van der Waals surface area contributed by atoms with Crippen molar-refractivity contribution in [2.75, 3.05) is 5.73 Å². The fourth-order valence-corrected chi connectivity index (χ4v) is 2.42. The lowest BCUT2D eigenvalue weighted by Gasteiger charge is -2.15. The smallest absolute Gasteiger partial charge is 0.123 e. The van der Waals surface area contributed by atoms with Crippen LogP contribution in [0.3, 0.4) is 0 Å². The number of anilines is 1. The van der Waals surface area contributed by atoms with E-state index < -0.39 is 6.10 Å². The van der Waals surface area contributed by atoms with Crippen molar-refractivity contribution in [3.63, 3.8) is 0 Å². The Hall–Kier alpha value is -1.39. The minimum atomic E-state index is -0.707. The molecule has 0 bridgehead atoms. The zero-order chi connectivity index (χ0) is 14.0. The first-order valence-corrected chi connectivity index (χ1v) is 6.74. The minimum absolute atomic E-state index is 0.266. The number of aliphatic hydroxyl groups excluding tert-OH is 1. The molecule has 2 aromatic rings. The molecule has 0 aliphatic heterocycles. The van der Waals surface area contributed by atoms with Crippen LogP contribution in [0.1, 0.15) is 22.8 Å². The van der Waals surface area contributed by atoms with E-state index >= 15 is 0 Å². The van der Waals surface area contributed by atoms with E-state index in [1.54, 1.807) is 18.2 Å². The van der Waals surface area contributed by atoms with Gasteiger partial charge in [0.1, 0.15) is 5.82 Å². The molecule has 0 aliphatic carbocycles. The molecule has 1 unspecified atom stereocenters. The van der Waals surface area contributed by atoms with Gasteiger partial charge in [0.05, 0.1) is 6.10 Å². The van der Waals surface area contributed by atoms with Crippen LogP contribution in [0.4, 0.5) is 10.1 Å². The molecule has 2 nitrogen and oxygen atoms in total. The monoisotopic (exact) mass is 323 g/mol. The Labute approximate surface area is 120 Å². The maximum absolute atomic E-state index is 13.0. The summed E-state index contributed by atoms with van der Waals surface area (Å²) < 4.78 is 13.9. The number of hydrogen-bond acceptors (Lipinski definition) is 2. The number of aliphatic hydroxyl groups is 1. The molecule has 0 saturated carbocycles. The summed E-state index contributed by atoms with van der Waals surface area (Å²) in [6.45, 7) is 1.83. The first-order chi connectivity index (χ1) is 8.97. The molecular formula is C15H15BrFNO. The van der Waals surface area contributed by atoms with E-state index in [1.807, 2.05) is 13.0 Å². The normalized spacial score (nSPS) is 12.4. The summed E-state index contributed by atoms with van der Waals surface area (Å²) in [5.41, 5.74) is 8.83. The van der Waals surface area contributed by atoms with Gasteiger partial charge in [0.2, 0.25) is 0 Å². The van der Waals surface area contributed by atoms with Crippen LogP contribution >= 0.6 is 15.9 Å². The molecule has 0 aliphatic rings. The molecule has 0 aromatic heterocycles. The Morgan fingerprint density at radius 2 is 2.00 bits per heavy atom. The summed E-state index contributed by atoms with van der Waals surface area (Å²) in [7, 11) is 0. The first kappa shape index (κ1) is 14.0. The van der Waals surface area contributed by atoms with Crippen LogP contribution in [0.15, 0.2) is 40.9 Å². The minimum Gasteiger partial charge on any atom is -0.398 e. The molecular weight excluding hydrogens is 309 g/mol. The second-order valence-electron chi connectivity index (χ2n) is 4.56. The van der Waals surface area contributed by atoms with Crippen LogP contribution in [0, 0.1) is 12.7 Å². The third-order valence-corrected chi connectivity index (χ3v) is 3.62. The largest absolute Gasteiger partial charge is 0.398 e. The Morgan fingerprint density at radius 3 is 2.68 bits per heavy atom. The molecule has 1 atom stereocenters. The van der Waals surface area contributed by atoms with Crippen molar-refractivity contribution in [1.29, 1.82) is 0 Å². The number of halogens is 2. The van der Waals surface area contributed by atoms with Gasteiger partial charge in [-0.15, -0.1) is 0 Å². The second-order valence-corrected chi connectivity index (χ2v) is 5.48. The molecule has 0 saturated heterocycles. The number of aryl methyl sites for hydroxylation is 1. The van der Waals surface area contributed by atoms with Crippen molar-refractivity contribution < 1.29 is 9.50 Å². The van der Waals surface area contributed by atoms with E-state index in [0.717, 1.165) is 15.6 Å². The lowest BCUT2D eigenvalue weighted by molar-refractivity contribution is 0.179. The Balaban J connectivity index is 2.25. The van der Waals surface area contributed by atoms with Crippen molar-refractivity contribution in [1.82, 2.24) is 0 Å². The van der Waals surface area contributed by atoms with Crippen LogP contribution in [0.25, 0.3) is 0 Å². The third kappa shape index (κ3) is 3.33. The number of nitrogens with two attached hydrogens (primary N) is 1. The second kappa shape index (κ2) is 5.72. The Bertz CT molecular complexity index is 601. The van der Waals surface area contributed by atoms with E-state index in [-0.39, 0.29) is 5.82 Å². The van der Waals surface area contributed by atoms with Gasteiger partial charge in [0, 0.05) is 22.1 Å². The van der Waals surface area contributed by atoms with Crippen LogP contribution in [-0.2, 0) is 6.42 Å². The zero-order valence-corrected chi connectivity index (χ0v) is 12.1. The summed E-state index contributed by atoms with van der Waals surface area (Å²) in [5, 5.41) is 10.3. The topological polar surface area (TPSA) is 46.2 Å².